The van der Waals surface area contributed by atoms with E-state index in [-0.39, 0.29) is 5.63 Å². The van der Waals surface area contributed by atoms with Gasteiger partial charge in [-0.2, -0.15) is 0 Å². The predicted molar refractivity (Wildman–Crippen MR) is 107 cm³/mol. The van der Waals surface area contributed by atoms with Gasteiger partial charge in [-0.1, -0.05) is 23.9 Å². The van der Waals surface area contributed by atoms with Crippen LogP contribution in [0.25, 0.3) is 22.1 Å². The second-order valence-corrected chi connectivity index (χ2v) is 7.21. The van der Waals surface area contributed by atoms with Gasteiger partial charge in [-0.25, -0.2) is 9.78 Å². The van der Waals surface area contributed by atoms with E-state index in [4.69, 9.17) is 13.6 Å². The quantitative estimate of drug-likeness (QED) is 0.235. The highest BCUT2D eigenvalue weighted by atomic mass is 32.2. The van der Waals surface area contributed by atoms with Crippen LogP contribution in [0, 0.1) is 0 Å². The molecule has 138 valence electrons. The smallest absolute Gasteiger partial charge is 0.336 e. The lowest BCUT2D eigenvalue weighted by molar-refractivity contribution is 0.306. The van der Waals surface area contributed by atoms with Crippen LogP contribution in [0.3, 0.4) is 0 Å². The summed E-state index contributed by atoms with van der Waals surface area (Å²) in [5.41, 5.74) is 1.94. The zero-order valence-corrected chi connectivity index (χ0v) is 15.5. The van der Waals surface area contributed by atoms with Crippen molar-refractivity contribution in [2.24, 2.45) is 0 Å². The maximum absolute atomic E-state index is 11.3. The minimum absolute atomic E-state index is 0.351. The lowest BCUT2D eigenvalue weighted by atomic mass is 10.2. The molecule has 0 fully saturated rings. The van der Waals surface area contributed by atoms with Crippen molar-refractivity contribution in [3.63, 3.8) is 0 Å². The average molecular weight is 381 g/mol. The van der Waals surface area contributed by atoms with Crippen LogP contribution in [0.15, 0.2) is 73.4 Å². The maximum atomic E-state index is 11.3. The number of hydrogen-bond donors (Lipinski definition) is 0. The molecule has 4 aromatic rings. The molecular weight excluding hydrogens is 362 g/mol. The van der Waals surface area contributed by atoms with E-state index in [9.17, 15) is 4.79 Å². The third-order valence-corrected chi connectivity index (χ3v) is 5.07. The van der Waals surface area contributed by atoms with Crippen LogP contribution in [0.4, 0.5) is 0 Å². The van der Waals surface area contributed by atoms with Gasteiger partial charge in [-0.15, -0.1) is 0 Å². The Labute approximate surface area is 160 Å². The molecule has 6 heteroatoms. The van der Waals surface area contributed by atoms with Crippen molar-refractivity contribution in [3.05, 3.63) is 65.0 Å². The fraction of sp³-hybridized carbons (Fsp3) is 0.238. The van der Waals surface area contributed by atoms with Gasteiger partial charge < -0.3 is 13.6 Å². The SMILES string of the molecule is O=c1ccc2ccc(OCCCCCSc3nc4ccccc4o3)cc2o1. The molecule has 0 aliphatic rings. The largest absolute Gasteiger partial charge is 0.493 e. The molecule has 2 aromatic heterocycles. The van der Waals surface area contributed by atoms with Crippen molar-refractivity contribution >= 4 is 33.8 Å². The zero-order chi connectivity index (χ0) is 18.5. The summed E-state index contributed by atoms with van der Waals surface area (Å²) in [7, 11) is 0. The Morgan fingerprint density at radius 1 is 0.926 bits per heavy atom. The normalized spacial score (nSPS) is 11.3. The molecule has 0 saturated carbocycles. The number of benzene rings is 2. The number of oxazole rings is 1. The Bertz CT molecular complexity index is 1070. The lowest BCUT2D eigenvalue weighted by Gasteiger charge is -2.06. The Morgan fingerprint density at radius 2 is 1.81 bits per heavy atom. The van der Waals surface area contributed by atoms with E-state index in [2.05, 4.69) is 4.98 Å². The minimum Gasteiger partial charge on any atom is -0.493 e. The first-order valence-electron chi connectivity index (χ1n) is 8.93. The molecule has 0 radical (unpaired) electrons. The number of ether oxygens (including phenoxy) is 1. The van der Waals surface area contributed by atoms with Crippen molar-refractivity contribution in [3.8, 4) is 5.75 Å². The van der Waals surface area contributed by atoms with Crippen LogP contribution in [0.5, 0.6) is 5.75 Å². The molecule has 0 aliphatic heterocycles. The Balaban J connectivity index is 1.18. The number of rotatable bonds is 8. The summed E-state index contributed by atoms with van der Waals surface area (Å²) in [5, 5.41) is 1.61. The van der Waals surface area contributed by atoms with Crippen LogP contribution in [-0.4, -0.2) is 17.3 Å². The number of fused-ring (bicyclic) bond motifs is 2. The lowest BCUT2D eigenvalue weighted by Crippen LogP contribution is -1.98. The maximum Gasteiger partial charge on any atom is 0.336 e. The van der Waals surface area contributed by atoms with Gasteiger partial charge in [0.2, 0.25) is 0 Å². The molecule has 2 aromatic carbocycles. The molecule has 0 amide bonds. The first-order chi connectivity index (χ1) is 13.3. The van der Waals surface area contributed by atoms with Crippen LogP contribution >= 0.6 is 11.8 Å². The highest BCUT2D eigenvalue weighted by molar-refractivity contribution is 7.99. The molecule has 0 N–H and O–H groups in total. The summed E-state index contributed by atoms with van der Waals surface area (Å²) in [6.45, 7) is 0.635. The van der Waals surface area contributed by atoms with Crippen molar-refractivity contribution in [2.45, 2.75) is 24.5 Å². The topological polar surface area (TPSA) is 65.5 Å². The molecular formula is C21H19NO4S. The summed E-state index contributed by atoms with van der Waals surface area (Å²) in [4.78, 5) is 15.7. The van der Waals surface area contributed by atoms with E-state index in [0.717, 1.165) is 52.5 Å². The summed E-state index contributed by atoms with van der Waals surface area (Å²) in [5.74, 6) is 1.69. The van der Waals surface area contributed by atoms with Gasteiger partial charge in [0.15, 0.2) is 5.58 Å². The molecule has 4 rings (SSSR count). The predicted octanol–water partition coefficient (Wildman–Crippen LogP) is 5.28. The third-order valence-electron chi connectivity index (χ3n) is 4.15. The standard InChI is InChI=1S/C21H19NO4S/c23-20-11-9-15-8-10-16(14-19(15)25-20)24-12-4-1-5-13-27-21-22-17-6-2-3-7-18(17)26-21/h2-3,6-11,14H,1,4-5,12-13H2. The molecule has 0 bridgehead atoms. The molecule has 0 saturated heterocycles. The second-order valence-electron chi connectivity index (χ2n) is 6.16. The van der Waals surface area contributed by atoms with Gasteiger partial charge in [0.1, 0.15) is 16.8 Å². The zero-order valence-electron chi connectivity index (χ0n) is 14.7. The van der Waals surface area contributed by atoms with Crippen LogP contribution in [-0.2, 0) is 0 Å². The third kappa shape index (κ3) is 4.52. The van der Waals surface area contributed by atoms with Crippen LogP contribution in [0.2, 0.25) is 0 Å². The van der Waals surface area contributed by atoms with E-state index in [1.165, 1.54) is 6.07 Å². The molecule has 2 heterocycles. The first kappa shape index (κ1) is 17.7. The minimum atomic E-state index is -0.351. The summed E-state index contributed by atoms with van der Waals surface area (Å²) < 4.78 is 16.6. The van der Waals surface area contributed by atoms with Gasteiger partial charge in [0.25, 0.3) is 5.22 Å². The number of aromatic nitrogens is 1. The Kier molecular flexibility index (Phi) is 5.44. The molecule has 27 heavy (non-hydrogen) atoms. The van der Waals surface area contributed by atoms with Gasteiger partial charge >= 0.3 is 5.63 Å². The molecule has 0 spiro atoms. The number of hydrogen-bond acceptors (Lipinski definition) is 6. The summed E-state index contributed by atoms with van der Waals surface area (Å²) in [6.07, 6.45) is 3.10. The monoisotopic (exact) mass is 381 g/mol. The van der Waals surface area contributed by atoms with E-state index in [0.29, 0.717) is 12.2 Å². The van der Waals surface area contributed by atoms with Crippen molar-refractivity contribution < 1.29 is 13.6 Å². The van der Waals surface area contributed by atoms with Gasteiger partial charge in [0.05, 0.1) is 6.61 Å². The fourth-order valence-electron chi connectivity index (χ4n) is 2.77. The molecule has 0 aliphatic carbocycles. The van der Waals surface area contributed by atoms with Crippen molar-refractivity contribution in [2.75, 3.05) is 12.4 Å². The first-order valence-corrected chi connectivity index (χ1v) is 9.92. The molecule has 0 atom stereocenters. The Hall–Kier alpha value is -2.73. The Morgan fingerprint density at radius 3 is 2.74 bits per heavy atom. The van der Waals surface area contributed by atoms with Crippen LogP contribution < -0.4 is 10.4 Å². The van der Waals surface area contributed by atoms with Gasteiger partial charge in [-0.05, 0) is 49.6 Å². The highest BCUT2D eigenvalue weighted by Gasteiger charge is 2.05. The van der Waals surface area contributed by atoms with E-state index < -0.39 is 0 Å². The number of thioether (sulfide) groups is 1. The van der Waals surface area contributed by atoms with E-state index in [1.807, 2.05) is 36.4 Å². The number of nitrogens with zero attached hydrogens (tertiary/aromatic N) is 1. The second kappa shape index (κ2) is 8.31. The summed E-state index contributed by atoms with van der Waals surface area (Å²) >= 11 is 1.64. The number of para-hydroxylation sites is 2. The fourth-order valence-corrected chi connectivity index (χ4v) is 3.61. The van der Waals surface area contributed by atoms with Crippen LogP contribution in [0.1, 0.15) is 19.3 Å². The summed E-state index contributed by atoms with van der Waals surface area (Å²) in [6, 6.07) is 16.5. The molecule has 0 unspecified atom stereocenters. The van der Waals surface area contributed by atoms with Crippen molar-refractivity contribution in [1.82, 2.24) is 4.98 Å². The van der Waals surface area contributed by atoms with Crippen molar-refractivity contribution in [1.29, 1.82) is 0 Å². The highest BCUT2D eigenvalue weighted by Crippen LogP contribution is 2.24. The van der Waals surface area contributed by atoms with E-state index in [1.54, 1.807) is 23.9 Å². The van der Waals surface area contributed by atoms with Gasteiger partial charge in [0, 0.05) is 23.3 Å². The number of unbranched alkanes of at least 4 members (excludes halogenated alkanes) is 2. The van der Waals surface area contributed by atoms with E-state index >= 15 is 0 Å². The average Bonchev–Trinajstić information content (AvgIpc) is 3.09. The van der Waals surface area contributed by atoms with Gasteiger partial charge in [-0.3, -0.25) is 0 Å². The molecule has 5 nitrogen and oxygen atoms in total.